The average Bonchev–Trinajstić information content (AvgIpc) is 3.67. The van der Waals surface area contributed by atoms with Crippen molar-refractivity contribution in [2.45, 2.75) is 46.1 Å². The second kappa shape index (κ2) is 18.6. The first-order chi connectivity index (χ1) is 32.5. The van der Waals surface area contributed by atoms with Crippen LogP contribution in [0.25, 0.3) is 43.4 Å². The Kier molecular flexibility index (Phi) is 11.9. The Hall–Kier alpha value is -7.96. The molecule has 6 nitrogen and oxygen atoms in total. The van der Waals surface area contributed by atoms with Crippen LogP contribution in [0, 0.1) is 11.3 Å². The molecule has 1 heterocycles. The molecule has 0 fully saturated rings. The molecule has 0 aliphatic rings. The smallest absolute Gasteiger partial charge is 0.0631 e. The third-order valence-electron chi connectivity index (χ3n) is 13.1. The lowest BCUT2D eigenvalue weighted by Gasteiger charge is -2.29. The Bertz CT molecular complexity index is 3340. The van der Waals surface area contributed by atoms with Gasteiger partial charge in [0.15, 0.2) is 0 Å². The van der Waals surface area contributed by atoms with Crippen molar-refractivity contribution < 1.29 is 0 Å². The summed E-state index contributed by atoms with van der Waals surface area (Å²) < 4.78 is 2.50. The Balaban J connectivity index is 0.998. The van der Waals surface area contributed by atoms with Gasteiger partial charge < -0.3 is 25.5 Å². The highest BCUT2D eigenvalue weighted by atomic mass is 15.2. The molecule has 0 amide bonds. The molecule has 0 bridgehead atoms. The third-order valence-corrected chi connectivity index (χ3v) is 13.1. The van der Waals surface area contributed by atoms with Crippen molar-refractivity contribution in [1.29, 1.82) is 5.41 Å². The molecule has 0 aliphatic carbocycles. The lowest BCUT2D eigenvalue weighted by molar-refractivity contribution is 0.401. The maximum absolute atomic E-state index is 7.98. The van der Waals surface area contributed by atoms with Crippen LogP contribution >= 0.6 is 0 Å². The summed E-state index contributed by atoms with van der Waals surface area (Å²) in [6, 6.07) is 68.6. The number of nitrogen functional groups attached to an aromatic ring is 1. The Morgan fingerprint density at radius 3 is 1.56 bits per heavy atom. The number of hydrogen-bond donors (Lipinski definition) is 2. The minimum Gasteiger partial charge on any atom is -0.399 e. The predicted octanol–water partition coefficient (Wildman–Crippen LogP) is 16.6. The van der Waals surface area contributed by atoms with Gasteiger partial charge in [-0.15, -0.1) is 0 Å². The van der Waals surface area contributed by atoms with E-state index in [0.29, 0.717) is 5.92 Å². The monoisotopic (exact) mass is 858 g/mol. The molecule has 9 aromatic carbocycles. The number of benzene rings is 9. The van der Waals surface area contributed by atoms with E-state index in [1.807, 2.05) is 18.3 Å². The number of aliphatic imine (C=N–C) groups is 1. The van der Waals surface area contributed by atoms with Crippen molar-refractivity contribution >= 4 is 101 Å². The molecule has 0 saturated heterocycles. The van der Waals surface area contributed by atoms with Crippen molar-refractivity contribution in [3.8, 4) is 0 Å². The maximum atomic E-state index is 7.98. The van der Waals surface area contributed by atoms with Gasteiger partial charge in [-0.1, -0.05) is 118 Å². The van der Waals surface area contributed by atoms with Crippen molar-refractivity contribution in [3.63, 3.8) is 0 Å². The van der Waals surface area contributed by atoms with Gasteiger partial charge in [0.1, 0.15) is 0 Å². The van der Waals surface area contributed by atoms with E-state index in [-0.39, 0.29) is 0 Å². The van der Waals surface area contributed by atoms with Gasteiger partial charge in [0.05, 0.1) is 17.1 Å². The molecule has 10 rings (SSSR count). The summed E-state index contributed by atoms with van der Waals surface area (Å²) in [5, 5.41) is 15.1. The Morgan fingerprint density at radius 1 is 0.545 bits per heavy atom. The summed E-state index contributed by atoms with van der Waals surface area (Å²) in [5.41, 5.74) is 18.5. The number of nitrogens with one attached hydrogen (secondary N) is 1. The molecule has 0 radical (unpaired) electrons. The van der Waals surface area contributed by atoms with Gasteiger partial charge in [-0.25, -0.2) is 0 Å². The zero-order valence-corrected chi connectivity index (χ0v) is 37.6. The van der Waals surface area contributed by atoms with E-state index in [2.05, 4.69) is 210 Å². The van der Waals surface area contributed by atoms with Crippen LogP contribution in [0.3, 0.4) is 0 Å². The highest BCUT2D eigenvalue weighted by molar-refractivity contribution is 6.11. The lowest BCUT2D eigenvalue weighted by Crippen LogP contribution is -2.12. The number of unbranched alkanes of at least 4 members (excludes halogenated alkanes) is 1. The van der Waals surface area contributed by atoms with Gasteiger partial charge >= 0.3 is 0 Å². The first kappa shape index (κ1) is 42.0. The molecule has 66 heavy (non-hydrogen) atoms. The van der Waals surface area contributed by atoms with Crippen molar-refractivity contribution in [3.05, 3.63) is 205 Å². The number of anilines is 7. The molecular formula is C60H54N6. The number of hydrogen-bond acceptors (Lipinski definition) is 5. The Labute approximate surface area is 387 Å². The van der Waals surface area contributed by atoms with E-state index in [1.165, 1.54) is 68.8 Å². The second-order valence-corrected chi connectivity index (χ2v) is 17.3. The largest absolute Gasteiger partial charge is 0.399 e. The standard InChI is InChI=1S/C60H54N6/c1-3-5-12-42(4-2)41-64-57-35-21-43(39-61)37-55(57)56-38-44(22-36-58(56)64)40-63-48-25-29-50(30-26-48)66(60-20-11-16-46-14-7-9-18-54(46)60)52-33-31-51(32-34-52)65(49-27-23-47(62)24-28-49)59-19-10-15-45-13-6-8-17-53(45)59/h6-11,13-40,42,61H,3-5,12,41,62H2,1-2H3. The van der Waals surface area contributed by atoms with E-state index in [9.17, 15) is 0 Å². The van der Waals surface area contributed by atoms with Crippen molar-refractivity contribution in [1.82, 2.24) is 4.57 Å². The number of fused-ring (bicyclic) bond motifs is 5. The van der Waals surface area contributed by atoms with Crippen LogP contribution in [-0.4, -0.2) is 17.0 Å². The molecule has 0 spiro atoms. The number of nitrogens with zero attached hydrogens (tertiary/aromatic N) is 4. The van der Waals surface area contributed by atoms with E-state index >= 15 is 0 Å². The zero-order valence-electron chi connectivity index (χ0n) is 37.6. The topological polar surface area (TPSA) is 73.6 Å². The molecule has 0 saturated carbocycles. The molecule has 10 aromatic rings. The van der Waals surface area contributed by atoms with E-state index in [1.54, 1.807) is 0 Å². The third kappa shape index (κ3) is 8.30. The molecule has 1 aromatic heterocycles. The van der Waals surface area contributed by atoms with Gasteiger partial charge in [0.2, 0.25) is 0 Å². The van der Waals surface area contributed by atoms with Crippen LogP contribution < -0.4 is 15.5 Å². The summed E-state index contributed by atoms with van der Waals surface area (Å²) in [7, 11) is 0. The minimum atomic E-state index is 0.623. The van der Waals surface area contributed by atoms with Gasteiger partial charge in [-0.2, -0.15) is 0 Å². The van der Waals surface area contributed by atoms with E-state index in [0.717, 1.165) is 69.6 Å². The number of rotatable bonds is 15. The first-order valence-electron chi connectivity index (χ1n) is 23.2. The van der Waals surface area contributed by atoms with Crippen LogP contribution in [0.1, 0.15) is 50.7 Å². The highest BCUT2D eigenvalue weighted by Gasteiger charge is 2.20. The normalized spacial score (nSPS) is 12.1. The molecule has 0 aliphatic heterocycles. The molecule has 3 N–H and O–H groups in total. The van der Waals surface area contributed by atoms with Crippen LogP contribution in [0.5, 0.6) is 0 Å². The minimum absolute atomic E-state index is 0.623. The van der Waals surface area contributed by atoms with Gasteiger partial charge in [0.25, 0.3) is 0 Å². The fourth-order valence-corrected chi connectivity index (χ4v) is 9.55. The van der Waals surface area contributed by atoms with Gasteiger partial charge in [-0.05, 0) is 143 Å². The summed E-state index contributed by atoms with van der Waals surface area (Å²) >= 11 is 0. The van der Waals surface area contributed by atoms with Crippen molar-refractivity contribution in [2.24, 2.45) is 10.9 Å². The molecule has 1 atom stereocenters. The fourth-order valence-electron chi connectivity index (χ4n) is 9.55. The van der Waals surface area contributed by atoms with Crippen LogP contribution in [-0.2, 0) is 6.54 Å². The van der Waals surface area contributed by atoms with Gasteiger partial charge in [0, 0.05) is 80.0 Å². The Morgan fingerprint density at radius 2 is 1.03 bits per heavy atom. The molecular weight excluding hydrogens is 805 g/mol. The first-order valence-corrected chi connectivity index (χ1v) is 23.2. The SMILES string of the molecule is CCCCC(CC)Cn1c2ccc(C=N)cc2c2cc(C=Nc3ccc(N(c4ccc(N(c5ccc(N)cc5)c5cccc6ccccc56)cc4)c4cccc5ccccc45)cc3)ccc21. The average molecular weight is 859 g/mol. The van der Waals surface area contributed by atoms with Crippen LogP contribution in [0.15, 0.2) is 199 Å². The maximum Gasteiger partial charge on any atom is 0.0631 e. The van der Waals surface area contributed by atoms with Gasteiger partial charge in [-0.3, -0.25) is 4.99 Å². The predicted molar refractivity (Wildman–Crippen MR) is 283 cm³/mol. The molecule has 6 heteroatoms. The summed E-state index contributed by atoms with van der Waals surface area (Å²) in [4.78, 5) is 9.65. The molecule has 1 unspecified atom stereocenters. The van der Waals surface area contributed by atoms with E-state index in [4.69, 9.17) is 16.1 Å². The van der Waals surface area contributed by atoms with Crippen molar-refractivity contribution in [2.75, 3.05) is 15.5 Å². The fraction of sp³-hybridized carbons (Fsp3) is 0.133. The van der Waals surface area contributed by atoms with Crippen LogP contribution in [0.4, 0.5) is 45.5 Å². The highest BCUT2D eigenvalue weighted by Crippen LogP contribution is 2.43. The molecule has 324 valence electrons. The summed E-state index contributed by atoms with van der Waals surface area (Å²) in [6.07, 6.45) is 8.27. The summed E-state index contributed by atoms with van der Waals surface area (Å²) in [6.45, 7) is 5.58. The van der Waals surface area contributed by atoms with Crippen LogP contribution in [0.2, 0.25) is 0 Å². The number of aromatic nitrogens is 1. The van der Waals surface area contributed by atoms with E-state index < -0.39 is 0 Å². The zero-order chi connectivity index (χ0) is 45.0. The lowest BCUT2D eigenvalue weighted by atomic mass is 9.99. The summed E-state index contributed by atoms with van der Waals surface area (Å²) in [5.74, 6) is 0.623. The quantitative estimate of drug-likeness (QED) is 0.0797. The number of nitrogens with two attached hydrogens (primary N) is 1. The second-order valence-electron chi connectivity index (χ2n) is 17.3.